The van der Waals surface area contributed by atoms with Crippen molar-refractivity contribution in [1.82, 2.24) is 5.32 Å². The van der Waals surface area contributed by atoms with Crippen LogP contribution in [0.3, 0.4) is 0 Å². The van der Waals surface area contributed by atoms with Crippen LogP contribution in [0.4, 0.5) is 0 Å². The van der Waals surface area contributed by atoms with Crippen molar-refractivity contribution in [2.75, 3.05) is 13.2 Å². The molecule has 0 fully saturated rings. The summed E-state index contributed by atoms with van der Waals surface area (Å²) >= 11 is 9.49. The second-order valence-corrected chi connectivity index (χ2v) is 5.02. The summed E-state index contributed by atoms with van der Waals surface area (Å²) in [5.74, 6) is -0.00324. The number of hydrogen-bond donors (Lipinski definition) is 1. The van der Waals surface area contributed by atoms with Gasteiger partial charge in [-0.3, -0.25) is 4.79 Å². The summed E-state index contributed by atoms with van der Waals surface area (Å²) in [5.41, 5.74) is 0. The third-order valence-corrected chi connectivity index (χ3v) is 2.79. The number of ether oxygens (including phenoxy) is 1. The first kappa shape index (κ1) is 16.6. The third-order valence-electron chi connectivity index (χ3n) is 2.51. The summed E-state index contributed by atoms with van der Waals surface area (Å²) in [6.45, 7) is 5.19. The van der Waals surface area contributed by atoms with Gasteiger partial charge in [0.15, 0.2) is 0 Å². The van der Waals surface area contributed by atoms with E-state index >= 15 is 0 Å². The molecule has 0 spiro atoms. The molecule has 1 N–H and O–H groups in total. The Morgan fingerprint density at radius 1 is 1.35 bits per heavy atom. The minimum absolute atomic E-state index is 0.0513. The number of nitrogens with one attached hydrogen (secondary N) is 1. The van der Waals surface area contributed by atoms with Gasteiger partial charge in [-0.1, -0.05) is 24.1 Å². The van der Waals surface area contributed by atoms with Gasteiger partial charge in [-0.15, -0.1) is 0 Å². The minimum atomic E-state index is -0.0545. The molecule has 0 radical (unpaired) electrons. The number of rotatable bonds is 9. The van der Waals surface area contributed by atoms with Gasteiger partial charge in [-0.05, 0) is 26.2 Å². The first-order valence-electron chi connectivity index (χ1n) is 6.23. The zero-order valence-corrected chi connectivity index (χ0v) is 12.3. The Labute approximate surface area is 115 Å². The summed E-state index contributed by atoms with van der Waals surface area (Å²) in [5, 5.41) is 2.94. The van der Waals surface area contributed by atoms with Crippen molar-refractivity contribution in [3.05, 3.63) is 0 Å². The molecule has 0 amide bonds. The lowest BCUT2D eigenvalue weighted by atomic mass is 9.97. The lowest BCUT2D eigenvalue weighted by molar-refractivity contribution is -0.148. The number of carbonyl (C=O) groups excluding carboxylic acids is 1. The van der Waals surface area contributed by atoms with Gasteiger partial charge in [-0.2, -0.15) is 0 Å². The largest absolute Gasteiger partial charge is 0.466 e. The topological polar surface area (TPSA) is 38.3 Å². The fourth-order valence-electron chi connectivity index (χ4n) is 1.69. The smallest absolute Gasteiger partial charge is 0.308 e. The van der Waals surface area contributed by atoms with Crippen LogP contribution in [-0.4, -0.2) is 23.4 Å². The molecule has 0 aliphatic rings. The van der Waals surface area contributed by atoms with E-state index in [0.717, 1.165) is 38.6 Å². The molecule has 0 heterocycles. The monoisotopic (exact) mass is 276 g/mol. The lowest BCUT2D eigenvalue weighted by Crippen LogP contribution is -2.21. The molecular weight excluding hydrogens is 254 g/mol. The molecule has 3 nitrogen and oxygen atoms in total. The Bertz CT molecular complexity index is 235. The second-order valence-electron chi connectivity index (χ2n) is 3.95. The number of unbranched alkanes of at least 4 members (excludes halogenated alkanes) is 1. The maximum atomic E-state index is 11.6. The molecule has 0 saturated carbocycles. The third kappa shape index (κ3) is 9.30. The molecule has 0 saturated heterocycles. The predicted octanol–water partition coefficient (Wildman–Crippen LogP) is 2.56. The summed E-state index contributed by atoms with van der Waals surface area (Å²) in [4.78, 5) is 11.6. The molecule has 1 atom stereocenters. The van der Waals surface area contributed by atoms with Crippen molar-refractivity contribution in [1.29, 1.82) is 0 Å². The van der Waals surface area contributed by atoms with Crippen molar-refractivity contribution in [2.45, 2.75) is 46.0 Å². The van der Waals surface area contributed by atoms with E-state index in [9.17, 15) is 4.79 Å². The van der Waals surface area contributed by atoms with Crippen LogP contribution in [0.2, 0.25) is 0 Å². The molecule has 0 aliphatic carbocycles. The van der Waals surface area contributed by atoms with Crippen molar-refractivity contribution in [2.24, 2.45) is 5.92 Å². The van der Waals surface area contributed by atoms with Crippen LogP contribution in [0, 0.1) is 5.92 Å². The van der Waals surface area contributed by atoms with Crippen LogP contribution < -0.4 is 5.32 Å². The fourth-order valence-corrected chi connectivity index (χ4v) is 1.90. The fraction of sp³-hybridized carbons (Fsp3) is 0.833. The van der Waals surface area contributed by atoms with Crippen LogP contribution in [0.1, 0.15) is 46.0 Å². The lowest BCUT2D eigenvalue weighted by Gasteiger charge is -2.15. The van der Waals surface area contributed by atoms with Crippen LogP contribution in [0.5, 0.6) is 0 Å². The molecule has 0 bridgehead atoms. The van der Waals surface area contributed by atoms with Crippen LogP contribution in [0.25, 0.3) is 0 Å². The van der Waals surface area contributed by atoms with Crippen LogP contribution in [0.15, 0.2) is 0 Å². The van der Waals surface area contributed by atoms with Crippen molar-refractivity contribution in [3.63, 3.8) is 0 Å². The predicted molar refractivity (Wildman–Crippen MR) is 76.8 cm³/mol. The Kier molecular flexibility index (Phi) is 10.5. The van der Waals surface area contributed by atoms with E-state index in [1.54, 1.807) is 0 Å². The highest BCUT2D eigenvalue weighted by Gasteiger charge is 2.17. The summed E-state index contributed by atoms with van der Waals surface area (Å²) in [6.07, 6.45) is 4.78. The van der Waals surface area contributed by atoms with E-state index in [1.807, 2.05) is 6.92 Å². The molecule has 17 heavy (non-hydrogen) atoms. The molecular formula is C12H22NO2S2-. The van der Waals surface area contributed by atoms with Gasteiger partial charge < -0.3 is 34.9 Å². The quantitative estimate of drug-likeness (QED) is 0.303. The van der Waals surface area contributed by atoms with E-state index < -0.39 is 0 Å². The molecule has 0 aromatic heterocycles. The zero-order valence-electron chi connectivity index (χ0n) is 10.7. The van der Waals surface area contributed by atoms with E-state index in [4.69, 9.17) is 29.6 Å². The first-order chi connectivity index (χ1) is 8.11. The van der Waals surface area contributed by atoms with Crippen LogP contribution >= 0.6 is 12.2 Å². The number of esters is 1. The van der Waals surface area contributed by atoms with Crippen molar-refractivity contribution in [3.8, 4) is 0 Å². The van der Waals surface area contributed by atoms with Crippen molar-refractivity contribution >= 4 is 35.1 Å². The van der Waals surface area contributed by atoms with Gasteiger partial charge >= 0.3 is 5.97 Å². The number of carbonyl (C=O) groups is 1. The Morgan fingerprint density at radius 3 is 2.59 bits per heavy atom. The van der Waals surface area contributed by atoms with Gasteiger partial charge in [0.1, 0.15) is 0 Å². The molecule has 0 aliphatic heterocycles. The number of thiocarbonyl (C=S) groups is 1. The van der Waals surface area contributed by atoms with E-state index in [-0.39, 0.29) is 11.9 Å². The maximum absolute atomic E-state index is 11.6. The highest BCUT2D eigenvalue weighted by molar-refractivity contribution is 8.00. The van der Waals surface area contributed by atoms with Crippen molar-refractivity contribution < 1.29 is 9.53 Å². The summed E-state index contributed by atoms with van der Waals surface area (Å²) in [7, 11) is 0. The molecule has 100 valence electrons. The van der Waals surface area contributed by atoms with Gasteiger partial charge in [0.05, 0.1) is 12.5 Å². The highest BCUT2D eigenvalue weighted by atomic mass is 32.1. The second kappa shape index (κ2) is 10.7. The Balaban J connectivity index is 3.76. The highest BCUT2D eigenvalue weighted by Crippen LogP contribution is 2.16. The minimum Gasteiger partial charge on any atom is -0.466 e. The molecule has 1 unspecified atom stereocenters. The molecule has 0 aromatic rings. The maximum Gasteiger partial charge on any atom is 0.308 e. The molecule has 0 rings (SSSR count). The average molecular weight is 276 g/mol. The number of hydrogen-bond acceptors (Lipinski definition) is 4. The Hall–Kier alpha value is -0.420. The van der Waals surface area contributed by atoms with E-state index in [1.165, 1.54) is 0 Å². The zero-order chi connectivity index (χ0) is 13.1. The standard InChI is InChI=1S/C12H23NO2S2/c1-3-7-10(11(14)15-4-2)8-5-6-9-13-12(16)17/h10H,3-9H2,1-2H3,(H2,13,16,17)/p-1. The summed E-state index contributed by atoms with van der Waals surface area (Å²) < 4.78 is 5.48. The summed E-state index contributed by atoms with van der Waals surface area (Å²) in [6, 6.07) is 0. The van der Waals surface area contributed by atoms with E-state index in [2.05, 4.69) is 12.2 Å². The average Bonchev–Trinajstić information content (AvgIpc) is 2.27. The van der Waals surface area contributed by atoms with E-state index in [0.29, 0.717) is 10.9 Å². The van der Waals surface area contributed by atoms with Crippen LogP contribution in [-0.2, 0) is 22.2 Å². The van der Waals surface area contributed by atoms with Gasteiger partial charge in [0.25, 0.3) is 0 Å². The molecule has 5 heteroatoms. The van der Waals surface area contributed by atoms with Gasteiger partial charge in [0.2, 0.25) is 0 Å². The van der Waals surface area contributed by atoms with Gasteiger partial charge in [-0.25, -0.2) is 0 Å². The normalized spacial score (nSPS) is 11.9. The Morgan fingerprint density at radius 2 is 2.06 bits per heavy atom. The molecule has 0 aromatic carbocycles. The van der Waals surface area contributed by atoms with Gasteiger partial charge in [0, 0.05) is 6.54 Å². The SMILES string of the molecule is CCCC(CCCCNC(=S)[S-])C(=O)OCC. The first-order valence-corrected chi connectivity index (χ1v) is 7.04.